The Kier molecular flexibility index (Phi) is 8.20. The first kappa shape index (κ1) is 14.9. The minimum absolute atomic E-state index is 0.539. The molecule has 0 aromatic rings. The predicted octanol–water partition coefficient (Wildman–Crippen LogP) is 3.59. The summed E-state index contributed by atoms with van der Waals surface area (Å²) in [6.45, 7) is 0. The van der Waals surface area contributed by atoms with Crippen molar-refractivity contribution >= 4 is 0 Å². The van der Waals surface area contributed by atoms with Crippen LogP contribution in [0.1, 0.15) is 0 Å². The van der Waals surface area contributed by atoms with Gasteiger partial charge in [0.25, 0.3) is 0 Å². The Balaban J connectivity index is 2.78. The Bertz CT molecular complexity index is 555. The minimum Gasteiger partial charge on any atom is -0.372 e. The molecule has 0 unspecified atom stereocenters. The van der Waals surface area contributed by atoms with E-state index in [1.165, 1.54) is 12.5 Å². The summed E-state index contributed by atoms with van der Waals surface area (Å²) < 4.78 is 0. The topological polar surface area (TPSA) is 69.8 Å². The number of rotatable bonds is 0. The minimum atomic E-state index is 0.539. The smallest absolute Gasteiger partial charge is 0.121 e. The van der Waals surface area contributed by atoms with Gasteiger partial charge in [0.2, 0.25) is 0 Å². The Morgan fingerprint density at radius 2 is 1.70 bits per heavy atom. The number of nitrogens with one attached hydrogen (secondary N) is 1. The third kappa shape index (κ3) is 8.03. The zero-order chi connectivity index (χ0) is 14.3. The van der Waals surface area contributed by atoms with Gasteiger partial charge in [0, 0.05) is 0 Å². The molecule has 1 rings (SSSR count). The number of hydrogen-bond donors (Lipinski definition) is 1. The lowest BCUT2D eigenvalue weighted by molar-refractivity contribution is 0.131. The maximum Gasteiger partial charge on any atom is 0.121 e. The maximum atomic E-state index is 8.91. The average Bonchev–Trinajstić information content (AvgIpc) is 2.47. The molecule has 0 fully saturated rings. The first-order valence-corrected chi connectivity index (χ1v) is 5.84. The Hall–Kier alpha value is -3.13. The number of allylic oxidation sites excluding steroid dienone is 12. The van der Waals surface area contributed by atoms with Gasteiger partial charge in [-0.1, -0.05) is 42.5 Å². The fourth-order valence-corrected chi connectivity index (χ4v) is 1.05. The molecule has 0 spiro atoms. The van der Waals surface area contributed by atoms with E-state index in [9.17, 15) is 0 Å². The summed E-state index contributed by atoms with van der Waals surface area (Å²) in [4.78, 5) is 4.83. The molecule has 1 N–H and O–H groups in total. The van der Waals surface area contributed by atoms with Crippen molar-refractivity contribution in [3.05, 3.63) is 84.9 Å². The highest BCUT2D eigenvalue weighted by Crippen LogP contribution is 1.96. The van der Waals surface area contributed by atoms with Gasteiger partial charge in [0.15, 0.2) is 0 Å². The second kappa shape index (κ2) is 11.0. The lowest BCUT2D eigenvalue weighted by Crippen LogP contribution is -1.98. The van der Waals surface area contributed by atoms with E-state index in [-0.39, 0.29) is 0 Å². The van der Waals surface area contributed by atoms with Gasteiger partial charge in [0.1, 0.15) is 6.26 Å². The van der Waals surface area contributed by atoms with Crippen molar-refractivity contribution in [3.63, 3.8) is 0 Å². The van der Waals surface area contributed by atoms with Crippen LogP contribution in [-0.2, 0) is 4.84 Å². The van der Waals surface area contributed by atoms with Crippen LogP contribution in [0.5, 0.6) is 0 Å². The molecule has 0 saturated heterocycles. The van der Waals surface area contributed by atoms with Crippen LogP contribution in [0.2, 0.25) is 0 Å². The van der Waals surface area contributed by atoms with Crippen LogP contribution in [0.4, 0.5) is 0 Å². The summed E-state index contributed by atoms with van der Waals surface area (Å²) >= 11 is 0. The predicted molar refractivity (Wildman–Crippen MR) is 77.6 cm³/mol. The molecule has 1 aliphatic rings. The van der Waals surface area contributed by atoms with E-state index in [1.54, 1.807) is 42.5 Å². The molecule has 0 aromatic heterocycles. The zero-order valence-corrected chi connectivity index (χ0v) is 10.8. The molecule has 1 aliphatic heterocycles. The Morgan fingerprint density at radius 3 is 2.50 bits per heavy atom. The second-order valence-corrected chi connectivity index (χ2v) is 3.34. The zero-order valence-electron chi connectivity index (χ0n) is 10.8. The quantitative estimate of drug-likeness (QED) is 0.728. The van der Waals surface area contributed by atoms with Gasteiger partial charge in [-0.15, -0.1) is 10.7 Å². The van der Waals surface area contributed by atoms with E-state index in [0.717, 1.165) is 0 Å². The molecular formula is C15H14N4O. The summed E-state index contributed by atoms with van der Waals surface area (Å²) in [6.07, 6.45) is 22.3. The standard InChI is InChI=1S/C15H14N4O/c16-14-15-10-6-4-2-1-3-5-9-13-20-19-18-17-12-8-7-11-15/h1-13H,(H,17,19)/b2-1+,5-3+,6-4-,11-7?,12-8-,13-9+,15-10?. The Labute approximate surface area is 117 Å². The third-order valence-corrected chi connectivity index (χ3v) is 1.91. The highest BCUT2D eigenvalue weighted by Gasteiger charge is 1.83. The van der Waals surface area contributed by atoms with Crippen molar-refractivity contribution in [2.45, 2.75) is 0 Å². The van der Waals surface area contributed by atoms with Crippen LogP contribution in [0, 0.1) is 11.3 Å². The molecule has 0 aliphatic carbocycles. The highest BCUT2D eigenvalue weighted by molar-refractivity contribution is 5.37. The van der Waals surface area contributed by atoms with Crippen LogP contribution in [-0.4, -0.2) is 0 Å². The first-order chi connectivity index (χ1) is 9.93. The molecule has 20 heavy (non-hydrogen) atoms. The van der Waals surface area contributed by atoms with Crippen molar-refractivity contribution in [3.8, 4) is 6.07 Å². The summed E-state index contributed by atoms with van der Waals surface area (Å²) in [6, 6.07) is 2.08. The lowest BCUT2D eigenvalue weighted by Gasteiger charge is -1.91. The van der Waals surface area contributed by atoms with Crippen molar-refractivity contribution in [1.82, 2.24) is 5.59 Å². The third-order valence-electron chi connectivity index (χ3n) is 1.91. The van der Waals surface area contributed by atoms with Crippen LogP contribution >= 0.6 is 0 Å². The molecule has 0 amide bonds. The van der Waals surface area contributed by atoms with E-state index in [4.69, 9.17) is 10.1 Å². The van der Waals surface area contributed by atoms with Crippen LogP contribution in [0.15, 0.2) is 95.2 Å². The van der Waals surface area contributed by atoms with Gasteiger partial charge < -0.3 is 4.84 Å². The second-order valence-electron chi connectivity index (χ2n) is 3.34. The fourth-order valence-electron chi connectivity index (χ4n) is 1.05. The SMILES string of the molecule is N#CC1=C\C=C/C=C/C=C/C=C/ONN=N/C=C\C=C1. The molecule has 0 radical (unpaired) electrons. The molecule has 0 aromatic carbocycles. The molecule has 0 bridgehead atoms. The monoisotopic (exact) mass is 266 g/mol. The van der Waals surface area contributed by atoms with E-state index < -0.39 is 0 Å². The van der Waals surface area contributed by atoms with Crippen LogP contribution in [0.3, 0.4) is 0 Å². The molecule has 0 saturated carbocycles. The average molecular weight is 266 g/mol. The summed E-state index contributed by atoms with van der Waals surface area (Å²) in [5.41, 5.74) is 2.82. The summed E-state index contributed by atoms with van der Waals surface area (Å²) in [7, 11) is 0. The Morgan fingerprint density at radius 1 is 0.950 bits per heavy atom. The fraction of sp³-hybridized carbons (Fsp3) is 0. The van der Waals surface area contributed by atoms with E-state index >= 15 is 0 Å². The van der Waals surface area contributed by atoms with E-state index in [2.05, 4.69) is 22.0 Å². The lowest BCUT2D eigenvalue weighted by atomic mass is 10.2. The number of nitriles is 1. The highest BCUT2D eigenvalue weighted by atomic mass is 16.7. The molecular weight excluding hydrogens is 252 g/mol. The molecule has 5 nitrogen and oxygen atoms in total. The summed E-state index contributed by atoms with van der Waals surface area (Å²) in [5, 5.41) is 16.1. The molecule has 0 atom stereocenters. The van der Waals surface area contributed by atoms with Gasteiger partial charge in [-0.25, -0.2) is 0 Å². The molecule has 5 heteroatoms. The van der Waals surface area contributed by atoms with Gasteiger partial charge in [0.05, 0.1) is 17.8 Å². The van der Waals surface area contributed by atoms with Crippen molar-refractivity contribution < 1.29 is 4.84 Å². The molecule has 1 heterocycles. The van der Waals surface area contributed by atoms with Gasteiger partial charge in [-0.3, -0.25) is 0 Å². The summed E-state index contributed by atoms with van der Waals surface area (Å²) in [5.74, 6) is 0. The number of nitrogens with zero attached hydrogens (tertiary/aromatic N) is 3. The molecule has 100 valence electrons. The largest absolute Gasteiger partial charge is 0.372 e. The van der Waals surface area contributed by atoms with E-state index in [0.29, 0.717) is 5.57 Å². The van der Waals surface area contributed by atoms with Gasteiger partial charge >= 0.3 is 0 Å². The van der Waals surface area contributed by atoms with Crippen LogP contribution < -0.4 is 5.59 Å². The van der Waals surface area contributed by atoms with Crippen LogP contribution in [0.25, 0.3) is 0 Å². The van der Waals surface area contributed by atoms with Gasteiger partial charge in [-0.05, 0) is 29.5 Å². The number of hydrogen-bond acceptors (Lipinski definition) is 5. The van der Waals surface area contributed by atoms with Gasteiger partial charge in [-0.2, -0.15) is 5.26 Å². The van der Waals surface area contributed by atoms with Crippen molar-refractivity contribution in [2.24, 2.45) is 10.3 Å². The maximum absolute atomic E-state index is 8.91. The normalized spacial score (nSPS) is 23.6. The van der Waals surface area contributed by atoms with Crippen molar-refractivity contribution in [1.29, 1.82) is 5.26 Å². The first-order valence-electron chi connectivity index (χ1n) is 5.84. The van der Waals surface area contributed by atoms with Crippen molar-refractivity contribution in [2.75, 3.05) is 0 Å². The van der Waals surface area contributed by atoms with E-state index in [1.807, 2.05) is 24.3 Å².